The van der Waals surface area contributed by atoms with Crippen molar-refractivity contribution in [2.24, 2.45) is 16.9 Å². The molecule has 0 aromatic heterocycles. The molecule has 5 heteroatoms. The second kappa shape index (κ2) is 6.05. The number of carbonyl (C=O) groups excluding carboxylic acids is 2. The molecule has 2 amide bonds. The van der Waals surface area contributed by atoms with E-state index in [1.54, 1.807) is 24.3 Å². The predicted octanol–water partition coefficient (Wildman–Crippen LogP) is 1.17. The molecule has 0 aliphatic heterocycles. The third-order valence-corrected chi connectivity index (χ3v) is 4.00. The van der Waals surface area contributed by atoms with E-state index in [0.717, 1.165) is 30.5 Å². The Balaban J connectivity index is 1.89. The molecule has 1 aromatic carbocycles. The molecule has 1 aliphatic rings. The van der Waals surface area contributed by atoms with E-state index < -0.39 is 0 Å². The molecule has 108 valence electrons. The molecule has 5 N–H and O–H groups in total. The maximum Gasteiger partial charge on any atom is 0.224 e. The summed E-state index contributed by atoms with van der Waals surface area (Å²) in [6.45, 7) is 0.567. The number of nitrogens with two attached hydrogens (primary N) is 2. The molecule has 0 bridgehead atoms. The van der Waals surface area contributed by atoms with Gasteiger partial charge in [0, 0.05) is 12.1 Å². The second-order valence-corrected chi connectivity index (χ2v) is 5.62. The van der Waals surface area contributed by atoms with Gasteiger partial charge in [0.25, 0.3) is 0 Å². The van der Waals surface area contributed by atoms with Crippen LogP contribution in [0.25, 0.3) is 0 Å². The van der Waals surface area contributed by atoms with Gasteiger partial charge in [-0.15, -0.1) is 0 Å². The van der Waals surface area contributed by atoms with Gasteiger partial charge in [-0.25, -0.2) is 0 Å². The molecule has 0 unspecified atom stereocenters. The summed E-state index contributed by atoms with van der Waals surface area (Å²) < 4.78 is 0. The van der Waals surface area contributed by atoms with Crippen LogP contribution >= 0.6 is 0 Å². The molecule has 0 spiro atoms. The molecule has 0 atom stereocenters. The Morgan fingerprint density at radius 1 is 1.20 bits per heavy atom. The number of carbonyl (C=O) groups is 2. The zero-order valence-electron chi connectivity index (χ0n) is 11.5. The van der Waals surface area contributed by atoms with Crippen molar-refractivity contribution in [1.29, 1.82) is 0 Å². The Bertz CT molecular complexity index is 487. The van der Waals surface area contributed by atoms with Crippen LogP contribution in [0.5, 0.6) is 0 Å². The molecule has 1 aliphatic carbocycles. The normalized spacial score (nSPS) is 16.2. The van der Waals surface area contributed by atoms with Gasteiger partial charge in [-0.05, 0) is 42.5 Å². The van der Waals surface area contributed by atoms with Crippen molar-refractivity contribution in [2.45, 2.75) is 32.1 Å². The maximum absolute atomic E-state index is 12.0. The van der Waals surface area contributed by atoms with Gasteiger partial charge < -0.3 is 16.8 Å². The lowest BCUT2D eigenvalue weighted by molar-refractivity contribution is -0.120. The number of amides is 2. The smallest absolute Gasteiger partial charge is 0.224 e. The summed E-state index contributed by atoms with van der Waals surface area (Å²) in [5.74, 6) is -0.366. The molecule has 1 saturated carbocycles. The van der Waals surface area contributed by atoms with E-state index in [1.807, 2.05) is 0 Å². The summed E-state index contributed by atoms with van der Waals surface area (Å²) in [6.07, 6.45) is 3.92. The molecule has 20 heavy (non-hydrogen) atoms. The van der Waals surface area contributed by atoms with Gasteiger partial charge in [0.05, 0.1) is 6.42 Å². The summed E-state index contributed by atoms with van der Waals surface area (Å²) in [5, 5.41) is 2.87. The first kappa shape index (κ1) is 14.5. The number of rotatable bonds is 6. The lowest BCUT2D eigenvalue weighted by Crippen LogP contribution is -2.40. The highest BCUT2D eigenvalue weighted by molar-refractivity contribution is 5.91. The summed E-state index contributed by atoms with van der Waals surface area (Å²) in [7, 11) is 0. The van der Waals surface area contributed by atoms with Crippen LogP contribution in [0.15, 0.2) is 24.3 Å². The fourth-order valence-corrected chi connectivity index (χ4v) is 2.58. The minimum Gasteiger partial charge on any atom is -0.369 e. The zero-order valence-corrected chi connectivity index (χ0v) is 11.5. The van der Waals surface area contributed by atoms with E-state index in [4.69, 9.17) is 11.5 Å². The number of anilines is 1. The van der Waals surface area contributed by atoms with Crippen LogP contribution in [0, 0.1) is 5.41 Å². The Hall–Kier alpha value is -1.88. The van der Waals surface area contributed by atoms with Crippen LogP contribution in [0.1, 0.15) is 31.2 Å². The molecule has 2 rings (SSSR count). The molecule has 0 saturated heterocycles. The zero-order chi connectivity index (χ0) is 14.6. The van der Waals surface area contributed by atoms with E-state index in [9.17, 15) is 9.59 Å². The second-order valence-electron chi connectivity index (χ2n) is 5.62. The van der Waals surface area contributed by atoms with Gasteiger partial charge in [-0.2, -0.15) is 0 Å². The van der Waals surface area contributed by atoms with Crippen LogP contribution in [0.2, 0.25) is 0 Å². The average Bonchev–Trinajstić information content (AvgIpc) is 2.36. The largest absolute Gasteiger partial charge is 0.369 e. The van der Waals surface area contributed by atoms with Crippen molar-refractivity contribution in [1.82, 2.24) is 0 Å². The van der Waals surface area contributed by atoms with E-state index in [0.29, 0.717) is 13.0 Å². The number of primary amides is 1. The lowest BCUT2D eigenvalue weighted by Gasteiger charge is -2.40. The molecular formula is C15H21N3O2. The number of nitrogens with one attached hydrogen (secondary N) is 1. The molecular weight excluding hydrogens is 254 g/mol. The molecule has 1 fully saturated rings. The third kappa shape index (κ3) is 3.57. The molecule has 0 radical (unpaired) electrons. The van der Waals surface area contributed by atoms with Gasteiger partial charge in [0.15, 0.2) is 0 Å². The van der Waals surface area contributed by atoms with Crippen LogP contribution in [0.4, 0.5) is 5.69 Å². The standard InChI is InChI=1S/C15H21N3O2/c16-10-15(6-1-7-15)9-14(20)18-12-4-2-11(3-5-12)8-13(17)19/h2-5H,1,6-10,16H2,(H2,17,19)(H,18,20). The van der Waals surface area contributed by atoms with E-state index >= 15 is 0 Å². The monoisotopic (exact) mass is 275 g/mol. The van der Waals surface area contributed by atoms with Crippen LogP contribution in [-0.4, -0.2) is 18.4 Å². The summed E-state index contributed by atoms with van der Waals surface area (Å²) in [6, 6.07) is 7.16. The minimum absolute atomic E-state index is 0.00204. The number of hydrogen-bond donors (Lipinski definition) is 3. The highest BCUT2D eigenvalue weighted by Gasteiger charge is 2.37. The first-order valence-corrected chi connectivity index (χ1v) is 6.90. The van der Waals surface area contributed by atoms with Crippen LogP contribution < -0.4 is 16.8 Å². The maximum atomic E-state index is 12.0. The number of benzene rings is 1. The minimum atomic E-state index is -0.364. The van der Waals surface area contributed by atoms with E-state index in [1.165, 1.54) is 0 Å². The first-order chi connectivity index (χ1) is 9.53. The molecule has 1 aromatic rings. The van der Waals surface area contributed by atoms with Crippen molar-refractivity contribution in [3.05, 3.63) is 29.8 Å². The number of hydrogen-bond acceptors (Lipinski definition) is 3. The lowest BCUT2D eigenvalue weighted by atomic mass is 9.66. The van der Waals surface area contributed by atoms with Crippen molar-refractivity contribution < 1.29 is 9.59 Å². The van der Waals surface area contributed by atoms with Crippen LogP contribution in [-0.2, 0) is 16.0 Å². The predicted molar refractivity (Wildman–Crippen MR) is 77.9 cm³/mol. The Labute approximate surface area is 118 Å². The van der Waals surface area contributed by atoms with Gasteiger partial charge in [-0.3, -0.25) is 9.59 Å². The van der Waals surface area contributed by atoms with Crippen molar-refractivity contribution in [3.8, 4) is 0 Å². The summed E-state index contributed by atoms with van der Waals surface area (Å²) in [5.41, 5.74) is 12.5. The Morgan fingerprint density at radius 3 is 2.30 bits per heavy atom. The van der Waals surface area contributed by atoms with Crippen LogP contribution in [0.3, 0.4) is 0 Å². The highest BCUT2D eigenvalue weighted by atomic mass is 16.2. The highest BCUT2D eigenvalue weighted by Crippen LogP contribution is 2.43. The molecule has 5 nitrogen and oxygen atoms in total. The van der Waals surface area contributed by atoms with Gasteiger partial charge in [0.2, 0.25) is 11.8 Å². The van der Waals surface area contributed by atoms with E-state index in [2.05, 4.69) is 5.32 Å². The first-order valence-electron chi connectivity index (χ1n) is 6.90. The fraction of sp³-hybridized carbons (Fsp3) is 0.467. The van der Waals surface area contributed by atoms with Gasteiger partial charge in [0.1, 0.15) is 0 Å². The van der Waals surface area contributed by atoms with Crippen molar-refractivity contribution in [2.75, 3.05) is 11.9 Å². The third-order valence-electron chi connectivity index (χ3n) is 4.00. The Kier molecular flexibility index (Phi) is 4.39. The molecule has 0 heterocycles. The quantitative estimate of drug-likeness (QED) is 0.726. The fourth-order valence-electron chi connectivity index (χ4n) is 2.58. The van der Waals surface area contributed by atoms with Gasteiger partial charge in [-0.1, -0.05) is 18.6 Å². The summed E-state index contributed by atoms with van der Waals surface area (Å²) >= 11 is 0. The van der Waals surface area contributed by atoms with Crippen molar-refractivity contribution >= 4 is 17.5 Å². The van der Waals surface area contributed by atoms with E-state index in [-0.39, 0.29) is 23.7 Å². The van der Waals surface area contributed by atoms with Gasteiger partial charge >= 0.3 is 0 Å². The topological polar surface area (TPSA) is 98.2 Å². The SMILES string of the molecule is NCC1(CC(=O)Nc2ccc(CC(N)=O)cc2)CCC1. The van der Waals surface area contributed by atoms with Crippen molar-refractivity contribution in [3.63, 3.8) is 0 Å². The average molecular weight is 275 g/mol. The Morgan fingerprint density at radius 2 is 1.85 bits per heavy atom. The summed E-state index contributed by atoms with van der Waals surface area (Å²) in [4.78, 5) is 22.8.